The molecule has 4 aliphatic rings. The predicted octanol–water partition coefficient (Wildman–Crippen LogP) is 3.48. The molecule has 4 aliphatic carbocycles. The van der Waals surface area contributed by atoms with Crippen LogP contribution in [0.25, 0.3) is 0 Å². The van der Waals surface area contributed by atoms with Crippen LogP contribution in [0.2, 0.25) is 0 Å². The standard InChI is InChI=1S/C20H28N2O3/c21-6-5-20(18-10-15-8-16(12-18)13-19(20)11-15)17-3-1-2-14(9-17)4-7-25-22(23)24/h1-3,9,15-16,18-19H,4-8,10-13,21H2. The van der Waals surface area contributed by atoms with Gasteiger partial charge in [-0.15, -0.1) is 10.1 Å². The molecule has 0 spiro atoms. The second-order valence-electron chi connectivity index (χ2n) is 8.39. The summed E-state index contributed by atoms with van der Waals surface area (Å²) in [5.41, 5.74) is 8.86. The molecule has 2 N–H and O–H groups in total. The third-order valence-electron chi connectivity index (χ3n) is 7.20. The minimum Gasteiger partial charge on any atom is -0.330 e. The van der Waals surface area contributed by atoms with Crippen LogP contribution in [0, 0.1) is 33.8 Å². The molecule has 136 valence electrons. The molecule has 1 aromatic rings. The van der Waals surface area contributed by atoms with E-state index in [1.807, 2.05) is 0 Å². The van der Waals surface area contributed by atoms with Crippen molar-refractivity contribution in [2.24, 2.45) is 29.4 Å². The number of hydrogen-bond donors (Lipinski definition) is 1. The Kier molecular flexibility index (Phi) is 4.44. The van der Waals surface area contributed by atoms with E-state index in [9.17, 15) is 10.1 Å². The highest BCUT2D eigenvalue weighted by molar-refractivity contribution is 5.34. The summed E-state index contributed by atoms with van der Waals surface area (Å²) in [5, 5.41) is 9.67. The first-order valence-corrected chi connectivity index (χ1v) is 9.68. The quantitative estimate of drug-likeness (QED) is 0.607. The minimum atomic E-state index is -0.711. The first-order chi connectivity index (χ1) is 12.1. The van der Waals surface area contributed by atoms with Crippen LogP contribution >= 0.6 is 0 Å². The van der Waals surface area contributed by atoms with E-state index in [-0.39, 0.29) is 12.0 Å². The van der Waals surface area contributed by atoms with Crippen molar-refractivity contribution in [2.75, 3.05) is 13.2 Å². The Bertz CT molecular complexity index is 618. The second kappa shape index (κ2) is 6.60. The van der Waals surface area contributed by atoms with E-state index >= 15 is 0 Å². The van der Waals surface area contributed by atoms with E-state index in [0.717, 1.165) is 42.2 Å². The first kappa shape index (κ1) is 16.8. The van der Waals surface area contributed by atoms with E-state index in [4.69, 9.17) is 5.73 Å². The predicted molar refractivity (Wildman–Crippen MR) is 95.5 cm³/mol. The lowest BCUT2D eigenvalue weighted by atomic mass is 9.43. The van der Waals surface area contributed by atoms with E-state index in [1.165, 1.54) is 37.7 Å². The molecular formula is C20H28N2O3. The highest BCUT2D eigenvalue weighted by atomic mass is 16.9. The molecule has 4 saturated carbocycles. The molecule has 0 atom stereocenters. The van der Waals surface area contributed by atoms with Crippen LogP contribution < -0.4 is 5.73 Å². The topological polar surface area (TPSA) is 78.4 Å². The van der Waals surface area contributed by atoms with Crippen LogP contribution in [0.5, 0.6) is 0 Å². The third kappa shape index (κ3) is 2.92. The van der Waals surface area contributed by atoms with E-state index in [2.05, 4.69) is 29.1 Å². The van der Waals surface area contributed by atoms with Gasteiger partial charge in [-0.25, -0.2) is 0 Å². The zero-order valence-corrected chi connectivity index (χ0v) is 14.7. The maximum Gasteiger partial charge on any atom is 0.294 e. The molecule has 4 fully saturated rings. The van der Waals surface area contributed by atoms with Gasteiger partial charge in [0.05, 0.1) is 0 Å². The molecule has 0 unspecified atom stereocenters. The molecule has 0 saturated heterocycles. The zero-order valence-electron chi connectivity index (χ0n) is 14.7. The Morgan fingerprint density at radius 2 is 1.84 bits per heavy atom. The first-order valence-electron chi connectivity index (χ1n) is 9.68. The fourth-order valence-electron chi connectivity index (χ4n) is 6.54. The summed E-state index contributed by atoms with van der Waals surface area (Å²) in [5.74, 6) is 3.39. The molecule has 0 aromatic heterocycles. The number of nitrogens with zero attached hydrogens (tertiary/aromatic N) is 1. The summed E-state index contributed by atoms with van der Waals surface area (Å²) < 4.78 is 0. The van der Waals surface area contributed by atoms with Crippen molar-refractivity contribution in [3.8, 4) is 0 Å². The Balaban J connectivity index is 1.62. The Labute approximate surface area is 149 Å². The average Bonchev–Trinajstić information content (AvgIpc) is 2.57. The largest absolute Gasteiger partial charge is 0.330 e. The molecule has 0 radical (unpaired) electrons. The van der Waals surface area contributed by atoms with E-state index in [0.29, 0.717) is 6.42 Å². The number of hydrogen-bond acceptors (Lipinski definition) is 4. The van der Waals surface area contributed by atoms with Crippen molar-refractivity contribution in [1.82, 2.24) is 0 Å². The molecule has 5 heteroatoms. The van der Waals surface area contributed by atoms with Crippen molar-refractivity contribution < 1.29 is 9.92 Å². The lowest BCUT2D eigenvalue weighted by Crippen LogP contribution is -2.56. The Morgan fingerprint density at radius 3 is 2.44 bits per heavy atom. The van der Waals surface area contributed by atoms with Gasteiger partial charge in [0.15, 0.2) is 0 Å². The molecule has 0 aliphatic heterocycles. The lowest BCUT2D eigenvalue weighted by Gasteiger charge is -2.62. The Morgan fingerprint density at radius 1 is 1.16 bits per heavy atom. The van der Waals surface area contributed by atoms with Gasteiger partial charge < -0.3 is 10.6 Å². The van der Waals surface area contributed by atoms with Crippen LogP contribution in [0.4, 0.5) is 0 Å². The SMILES string of the molecule is NCCC1(c2cccc(CCO[N+](=O)[O-])c2)C2CC3CC(C2)CC1C3. The van der Waals surface area contributed by atoms with Gasteiger partial charge in [0, 0.05) is 5.41 Å². The normalized spacial score (nSPS) is 35.7. The van der Waals surface area contributed by atoms with Gasteiger partial charge in [0.2, 0.25) is 0 Å². The fourth-order valence-corrected chi connectivity index (χ4v) is 6.54. The number of rotatable bonds is 7. The van der Waals surface area contributed by atoms with Gasteiger partial charge in [-0.1, -0.05) is 24.3 Å². The van der Waals surface area contributed by atoms with Crippen LogP contribution in [-0.2, 0) is 16.7 Å². The van der Waals surface area contributed by atoms with E-state index < -0.39 is 5.09 Å². The molecule has 5 nitrogen and oxygen atoms in total. The van der Waals surface area contributed by atoms with Gasteiger partial charge in [-0.3, -0.25) is 0 Å². The van der Waals surface area contributed by atoms with Gasteiger partial charge in [0.25, 0.3) is 5.09 Å². The van der Waals surface area contributed by atoms with Crippen molar-refractivity contribution in [2.45, 2.75) is 50.4 Å². The number of benzene rings is 1. The summed E-state index contributed by atoms with van der Waals surface area (Å²) in [6.07, 6.45) is 8.54. The number of nitrogens with two attached hydrogens (primary N) is 1. The van der Waals surface area contributed by atoms with Crippen molar-refractivity contribution >= 4 is 0 Å². The summed E-state index contributed by atoms with van der Waals surface area (Å²) >= 11 is 0. The van der Waals surface area contributed by atoms with Gasteiger partial charge >= 0.3 is 0 Å². The maximum absolute atomic E-state index is 10.4. The van der Waals surface area contributed by atoms with Gasteiger partial charge in [0.1, 0.15) is 6.61 Å². The molecule has 0 heterocycles. The highest BCUT2D eigenvalue weighted by Gasteiger charge is 2.57. The molecule has 25 heavy (non-hydrogen) atoms. The molecule has 0 amide bonds. The van der Waals surface area contributed by atoms with E-state index in [1.54, 1.807) is 0 Å². The van der Waals surface area contributed by atoms with Crippen LogP contribution in [0.15, 0.2) is 24.3 Å². The summed E-state index contributed by atoms with van der Waals surface area (Å²) in [4.78, 5) is 14.9. The lowest BCUT2D eigenvalue weighted by molar-refractivity contribution is -0.757. The zero-order chi connectivity index (χ0) is 17.4. The van der Waals surface area contributed by atoms with Crippen LogP contribution in [-0.4, -0.2) is 18.2 Å². The summed E-state index contributed by atoms with van der Waals surface area (Å²) in [6, 6.07) is 8.72. The van der Waals surface area contributed by atoms with Crippen molar-refractivity contribution in [3.05, 3.63) is 45.5 Å². The Hall–Kier alpha value is -1.62. The average molecular weight is 344 g/mol. The summed E-state index contributed by atoms with van der Waals surface area (Å²) in [6.45, 7) is 0.855. The van der Waals surface area contributed by atoms with Crippen LogP contribution in [0.1, 0.15) is 49.7 Å². The minimum absolute atomic E-state index is 0.122. The molecule has 1 aromatic carbocycles. The summed E-state index contributed by atoms with van der Waals surface area (Å²) in [7, 11) is 0. The van der Waals surface area contributed by atoms with Crippen LogP contribution in [0.3, 0.4) is 0 Å². The smallest absolute Gasteiger partial charge is 0.294 e. The fraction of sp³-hybridized carbons (Fsp3) is 0.700. The molecule has 4 bridgehead atoms. The molecular weight excluding hydrogens is 316 g/mol. The molecule has 5 rings (SSSR count). The van der Waals surface area contributed by atoms with Crippen molar-refractivity contribution in [1.29, 1.82) is 0 Å². The van der Waals surface area contributed by atoms with Crippen molar-refractivity contribution in [3.63, 3.8) is 0 Å². The monoisotopic (exact) mass is 344 g/mol. The van der Waals surface area contributed by atoms with Gasteiger partial charge in [-0.05, 0) is 86.3 Å². The highest BCUT2D eigenvalue weighted by Crippen LogP contribution is 2.64. The second-order valence-corrected chi connectivity index (χ2v) is 8.39. The maximum atomic E-state index is 10.4. The third-order valence-corrected chi connectivity index (χ3v) is 7.20. The van der Waals surface area contributed by atoms with Gasteiger partial charge in [-0.2, -0.15) is 0 Å².